The molecule has 0 aliphatic heterocycles. The average molecular weight is 383 g/mol. The second-order valence-corrected chi connectivity index (χ2v) is 6.77. The zero-order valence-corrected chi connectivity index (χ0v) is 16.1. The predicted octanol–water partition coefficient (Wildman–Crippen LogP) is 4.31. The number of para-hydroxylation sites is 1. The normalized spacial score (nSPS) is 10.7. The Morgan fingerprint density at radius 1 is 0.828 bits per heavy atom. The van der Waals surface area contributed by atoms with E-state index in [0.717, 1.165) is 16.8 Å². The van der Waals surface area contributed by atoms with Crippen molar-refractivity contribution < 1.29 is 4.79 Å². The van der Waals surface area contributed by atoms with Crippen LogP contribution in [0, 0.1) is 0 Å². The Labute approximate surface area is 168 Å². The van der Waals surface area contributed by atoms with Gasteiger partial charge in [-0.2, -0.15) is 0 Å². The van der Waals surface area contributed by atoms with Crippen LogP contribution in [0.25, 0.3) is 16.9 Å². The van der Waals surface area contributed by atoms with Gasteiger partial charge in [0.05, 0.1) is 17.9 Å². The van der Waals surface area contributed by atoms with Crippen molar-refractivity contribution in [3.63, 3.8) is 0 Å². The van der Waals surface area contributed by atoms with Gasteiger partial charge in [0.25, 0.3) is 5.56 Å². The molecule has 0 fully saturated rings. The molecule has 0 spiro atoms. The minimum atomic E-state index is -0.281. The van der Waals surface area contributed by atoms with E-state index in [9.17, 15) is 9.59 Å². The Kier molecular flexibility index (Phi) is 5.12. The van der Waals surface area contributed by atoms with Crippen LogP contribution < -0.4 is 10.9 Å². The van der Waals surface area contributed by atoms with Crippen LogP contribution in [-0.4, -0.2) is 15.3 Å². The van der Waals surface area contributed by atoms with Crippen LogP contribution in [0.2, 0.25) is 0 Å². The Morgan fingerprint density at radius 3 is 1.97 bits per heavy atom. The van der Waals surface area contributed by atoms with E-state index in [0.29, 0.717) is 12.2 Å². The molecule has 0 atom stereocenters. The van der Waals surface area contributed by atoms with Crippen LogP contribution >= 0.6 is 0 Å². The number of rotatable bonds is 5. The minimum absolute atomic E-state index is 0.244. The summed E-state index contributed by atoms with van der Waals surface area (Å²) in [6.45, 7) is 1.80. The molecule has 0 aliphatic carbocycles. The Morgan fingerprint density at radius 2 is 1.38 bits per heavy atom. The zero-order chi connectivity index (χ0) is 20.2. The molecule has 1 aromatic heterocycles. The molecule has 144 valence electrons. The lowest BCUT2D eigenvalue weighted by atomic mass is 10.1. The number of nitrogens with one attached hydrogen (secondary N) is 1. The lowest BCUT2D eigenvalue weighted by Crippen LogP contribution is -2.24. The minimum Gasteiger partial charge on any atom is -0.320 e. The quantitative estimate of drug-likeness (QED) is 0.558. The highest BCUT2D eigenvalue weighted by atomic mass is 16.2. The van der Waals surface area contributed by atoms with Gasteiger partial charge in [-0.05, 0) is 17.7 Å². The fraction of sp³-hybridized carbons (Fsp3) is 0.0833. The lowest BCUT2D eigenvalue weighted by molar-refractivity contribution is -0.114. The molecule has 4 rings (SSSR count). The van der Waals surface area contributed by atoms with Gasteiger partial charge >= 0.3 is 0 Å². The fourth-order valence-electron chi connectivity index (χ4n) is 3.44. The van der Waals surface area contributed by atoms with Gasteiger partial charge in [0.2, 0.25) is 5.91 Å². The maximum absolute atomic E-state index is 13.4. The van der Waals surface area contributed by atoms with E-state index >= 15 is 0 Å². The predicted molar refractivity (Wildman–Crippen MR) is 115 cm³/mol. The van der Waals surface area contributed by atoms with Gasteiger partial charge in [-0.1, -0.05) is 78.9 Å². The number of nitrogens with zero attached hydrogens (tertiary/aromatic N) is 2. The van der Waals surface area contributed by atoms with Gasteiger partial charge < -0.3 is 5.32 Å². The highest BCUT2D eigenvalue weighted by Gasteiger charge is 2.23. The summed E-state index contributed by atoms with van der Waals surface area (Å²) >= 11 is 0. The standard InChI is InChI=1S/C24H21N3O2/c1-18(28)25-22-23(20-13-7-3-8-14-20)27(21-15-9-4-10-16-21)26(24(22)29)17-19-11-5-2-6-12-19/h2-16H,17H2,1H3,(H,25,28). The molecule has 0 bridgehead atoms. The summed E-state index contributed by atoms with van der Waals surface area (Å²) in [5, 5.41) is 2.76. The molecule has 0 radical (unpaired) electrons. The third-order valence-corrected chi connectivity index (χ3v) is 4.66. The van der Waals surface area contributed by atoms with E-state index in [1.54, 1.807) is 4.68 Å². The number of carbonyl (C=O) groups excluding carboxylic acids is 1. The second-order valence-electron chi connectivity index (χ2n) is 6.77. The Balaban J connectivity index is 2.03. The van der Waals surface area contributed by atoms with Crippen molar-refractivity contribution in [3.8, 4) is 16.9 Å². The average Bonchev–Trinajstić information content (AvgIpc) is 3.01. The van der Waals surface area contributed by atoms with Gasteiger partial charge in [-0.3, -0.25) is 9.59 Å². The van der Waals surface area contributed by atoms with Gasteiger partial charge in [0.1, 0.15) is 5.69 Å². The highest BCUT2D eigenvalue weighted by molar-refractivity contribution is 5.93. The van der Waals surface area contributed by atoms with Crippen molar-refractivity contribution in [2.75, 3.05) is 5.32 Å². The Hall–Kier alpha value is -3.86. The SMILES string of the molecule is CC(=O)Nc1c(-c2ccccc2)n(-c2ccccc2)n(Cc2ccccc2)c1=O. The Bertz CT molecular complexity index is 1180. The van der Waals surface area contributed by atoms with Crippen LogP contribution in [0.1, 0.15) is 12.5 Å². The molecule has 0 aliphatic rings. The van der Waals surface area contributed by atoms with Gasteiger partial charge in [-0.25, -0.2) is 9.36 Å². The summed E-state index contributed by atoms with van der Waals surface area (Å²) in [6.07, 6.45) is 0. The lowest BCUT2D eigenvalue weighted by Gasteiger charge is -2.16. The molecule has 4 aromatic rings. The zero-order valence-electron chi connectivity index (χ0n) is 16.1. The van der Waals surface area contributed by atoms with E-state index in [4.69, 9.17) is 0 Å². The third-order valence-electron chi connectivity index (χ3n) is 4.66. The molecular weight excluding hydrogens is 362 g/mol. The molecule has 29 heavy (non-hydrogen) atoms. The summed E-state index contributed by atoms with van der Waals surface area (Å²) in [7, 11) is 0. The van der Waals surface area contributed by atoms with Crippen molar-refractivity contribution >= 4 is 11.6 Å². The number of hydrogen-bond acceptors (Lipinski definition) is 2. The smallest absolute Gasteiger partial charge is 0.291 e. The first-order valence-electron chi connectivity index (χ1n) is 9.43. The van der Waals surface area contributed by atoms with Crippen LogP contribution in [-0.2, 0) is 11.3 Å². The first kappa shape index (κ1) is 18.5. The molecule has 3 aromatic carbocycles. The number of anilines is 1. The summed E-state index contributed by atoms with van der Waals surface area (Å²) in [4.78, 5) is 25.3. The number of benzene rings is 3. The summed E-state index contributed by atoms with van der Waals surface area (Å²) < 4.78 is 3.55. The first-order chi connectivity index (χ1) is 14.1. The molecule has 5 heteroatoms. The molecule has 1 amide bonds. The fourth-order valence-corrected chi connectivity index (χ4v) is 3.44. The van der Waals surface area contributed by atoms with Crippen LogP contribution in [0.15, 0.2) is 95.8 Å². The van der Waals surface area contributed by atoms with Crippen molar-refractivity contribution in [1.29, 1.82) is 0 Å². The maximum Gasteiger partial charge on any atom is 0.291 e. The van der Waals surface area contributed by atoms with Gasteiger partial charge in [0, 0.05) is 12.5 Å². The largest absolute Gasteiger partial charge is 0.320 e. The van der Waals surface area contributed by atoms with Gasteiger partial charge in [0.15, 0.2) is 0 Å². The van der Waals surface area contributed by atoms with Crippen molar-refractivity contribution in [2.45, 2.75) is 13.5 Å². The molecule has 0 unspecified atom stereocenters. The van der Waals surface area contributed by atoms with Crippen molar-refractivity contribution in [1.82, 2.24) is 9.36 Å². The number of carbonyl (C=O) groups is 1. The number of hydrogen-bond donors (Lipinski definition) is 1. The number of amides is 1. The number of aromatic nitrogens is 2. The van der Waals surface area contributed by atoms with Crippen LogP contribution in [0.3, 0.4) is 0 Å². The second kappa shape index (κ2) is 8.02. The molecule has 0 saturated heterocycles. The van der Waals surface area contributed by atoms with Crippen molar-refractivity contribution in [2.24, 2.45) is 0 Å². The van der Waals surface area contributed by atoms with Crippen molar-refractivity contribution in [3.05, 3.63) is 107 Å². The maximum atomic E-state index is 13.4. The highest BCUT2D eigenvalue weighted by Crippen LogP contribution is 2.29. The first-order valence-corrected chi connectivity index (χ1v) is 9.43. The van der Waals surface area contributed by atoms with E-state index in [1.165, 1.54) is 6.92 Å². The monoisotopic (exact) mass is 383 g/mol. The molecule has 1 heterocycles. The van der Waals surface area contributed by atoms with E-state index in [1.807, 2.05) is 95.7 Å². The van der Waals surface area contributed by atoms with E-state index in [2.05, 4.69) is 5.32 Å². The summed E-state index contributed by atoms with van der Waals surface area (Å²) in [5.74, 6) is -0.281. The molecule has 0 saturated carbocycles. The molecular formula is C24H21N3O2. The van der Waals surface area contributed by atoms with E-state index in [-0.39, 0.29) is 17.2 Å². The molecule has 5 nitrogen and oxygen atoms in total. The summed E-state index contributed by atoms with van der Waals surface area (Å²) in [6, 6.07) is 29.1. The van der Waals surface area contributed by atoms with E-state index < -0.39 is 0 Å². The topological polar surface area (TPSA) is 56.0 Å². The summed E-state index contributed by atoms with van der Waals surface area (Å²) in [5.41, 5.74) is 3.39. The third kappa shape index (κ3) is 3.75. The molecule has 1 N–H and O–H groups in total. The van der Waals surface area contributed by atoms with Crippen LogP contribution in [0.5, 0.6) is 0 Å². The van der Waals surface area contributed by atoms with Crippen LogP contribution in [0.4, 0.5) is 5.69 Å². The van der Waals surface area contributed by atoms with Gasteiger partial charge in [-0.15, -0.1) is 0 Å².